The van der Waals surface area contributed by atoms with E-state index in [-0.39, 0.29) is 5.97 Å². The number of esters is 1. The molecule has 0 aromatic rings. The van der Waals surface area contributed by atoms with Gasteiger partial charge in [-0.25, -0.2) is 0 Å². The minimum Gasteiger partial charge on any atom is -0.465 e. The monoisotopic (exact) mass is 271 g/mol. The minimum absolute atomic E-state index is 0.102. The number of carbonyl (C=O) groups is 1. The number of piperazine rings is 1. The van der Waals surface area contributed by atoms with Gasteiger partial charge in [-0.1, -0.05) is 6.92 Å². The van der Waals surface area contributed by atoms with Crippen molar-refractivity contribution in [2.24, 2.45) is 0 Å². The smallest absolute Gasteiger partial charge is 0.320 e. The van der Waals surface area contributed by atoms with E-state index in [9.17, 15) is 4.79 Å². The van der Waals surface area contributed by atoms with E-state index in [2.05, 4.69) is 28.7 Å². The van der Waals surface area contributed by atoms with Crippen molar-refractivity contribution < 1.29 is 9.53 Å². The van der Waals surface area contributed by atoms with Gasteiger partial charge >= 0.3 is 5.97 Å². The lowest BCUT2D eigenvalue weighted by atomic mass is 10.3. The molecule has 1 heterocycles. The summed E-state index contributed by atoms with van der Waals surface area (Å²) in [7, 11) is 2.17. The van der Waals surface area contributed by atoms with Crippen molar-refractivity contribution in [3.8, 4) is 0 Å². The first-order valence-corrected chi connectivity index (χ1v) is 7.44. The molecule has 112 valence electrons. The zero-order chi connectivity index (χ0) is 14.1. The number of hydrogen-bond donors (Lipinski definition) is 0. The Morgan fingerprint density at radius 2 is 1.84 bits per heavy atom. The Labute approximate surface area is 117 Å². The van der Waals surface area contributed by atoms with Crippen LogP contribution in [0.3, 0.4) is 0 Å². The van der Waals surface area contributed by atoms with Gasteiger partial charge in [-0.2, -0.15) is 0 Å². The molecule has 0 radical (unpaired) electrons. The summed E-state index contributed by atoms with van der Waals surface area (Å²) in [6.45, 7) is 12.4. The fourth-order valence-corrected chi connectivity index (χ4v) is 2.33. The van der Waals surface area contributed by atoms with Crippen LogP contribution in [0.5, 0.6) is 0 Å². The average Bonchev–Trinajstić information content (AvgIpc) is 2.38. The Morgan fingerprint density at radius 1 is 1.16 bits per heavy atom. The topological polar surface area (TPSA) is 36.0 Å². The van der Waals surface area contributed by atoms with Crippen LogP contribution in [0.15, 0.2) is 0 Å². The molecule has 0 bridgehead atoms. The second-order valence-electron chi connectivity index (χ2n) is 5.23. The summed E-state index contributed by atoms with van der Waals surface area (Å²) < 4.78 is 5.02. The van der Waals surface area contributed by atoms with Crippen LogP contribution in [0.2, 0.25) is 0 Å². The second-order valence-corrected chi connectivity index (χ2v) is 5.23. The Hall–Kier alpha value is -0.650. The van der Waals surface area contributed by atoms with Crippen molar-refractivity contribution in [3.63, 3.8) is 0 Å². The van der Waals surface area contributed by atoms with Crippen molar-refractivity contribution in [1.29, 1.82) is 0 Å². The Balaban J connectivity index is 2.26. The molecule has 0 aliphatic carbocycles. The van der Waals surface area contributed by atoms with Crippen LogP contribution >= 0.6 is 0 Å². The Bertz CT molecular complexity index is 253. The lowest BCUT2D eigenvalue weighted by Crippen LogP contribution is -2.47. The van der Waals surface area contributed by atoms with Crippen molar-refractivity contribution >= 4 is 5.97 Å². The van der Waals surface area contributed by atoms with Crippen molar-refractivity contribution in [2.75, 3.05) is 66.0 Å². The van der Waals surface area contributed by atoms with Gasteiger partial charge in [0.05, 0.1) is 13.2 Å². The average molecular weight is 271 g/mol. The summed E-state index contributed by atoms with van der Waals surface area (Å²) in [4.78, 5) is 18.6. The number of likely N-dealkylation sites (N-methyl/N-ethyl adjacent to an activating group) is 1. The Morgan fingerprint density at radius 3 is 2.42 bits per heavy atom. The van der Waals surface area contributed by atoms with Gasteiger partial charge in [0.1, 0.15) is 0 Å². The highest BCUT2D eigenvalue weighted by Gasteiger charge is 2.16. The predicted octanol–water partition coefficient (Wildman–Crippen LogP) is 0.509. The molecule has 1 saturated heterocycles. The predicted molar refractivity (Wildman–Crippen MR) is 77.3 cm³/mol. The van der Waals surface area contributed by atoms with Crippen molar-refractivity contribution in [2.45, 2.75) is 20.3 Å². The van der Waals surface area contributed by atoms with Gasteiger partial charge in [-0.15, -0.1) is 0 Å². The fraction of sp³-hybridized carbons (Fsp3) is 0.929. The van der Waals surface area contributed by atoms with Crippen molar-refractivity contribution in [1.82, 2.24) is 14.7 Å². The highest BCUT2D eigenvalue weighted by atomic mass is 16.5. The molecule has 1 rings (SSSR count). The number of nitrogens with zero attached hydrogens (tertiary/aromatic N) is 3. The maximum Gasteiger partial charge on any atom is 0.320 e. The lowest BCUT2D eigenvalue weighted by molar-refractivity contribution is -0.144. The SMILES string of the molecule is CCCN(CCN1CCN(C)CC1)CC(=O)OCC. The molecule has 0 amide bonds. The Kier molecular flexibility index (Phi) is 8.02. The van der Waals surface area contributed by atoms with Gasteiger partial charge in [0.25, 0.3) is 0 Å². The molecular formula is C14H29N3O2. The summed E-state index contributed by atoms with van der Waals surface area (Å²) in [5.74, 6) is -0.102. The number of rotatable bonds is 8. The molecule has 0 aromatic heterocycles. The molecule has 0 atom stereocenters. The van der Waals surface area contributed by atoms with E-state index < -0.39 is 0 Å². The van der Waals surface area contributed by atoms with E-state index in [1.165, 1.54) is 0 Å². The van der Waals surface area contributed by atoms with E-state index in [0.717, 1.165) is 52.2 Å². The molecule has 1 aliphatic rings. The molecular weight excluding hydrogens is 242 g/mol. The first-order chi connectivity index (χ1) is 9.15. The van der Waals surface area contributed by atoms with Gasteiger partial charge in [0, 0.05) is 39.3 Å². The molecule has 5 nitrogen and oxygen atoms in total. The molecule has 1 fully saturated rings. The zero-order valence-electron chi connectivity index (χ0n) is 12.7. The molecule has 19 heavy (non-hydrogen) atoms. The number of hydrogen-bond acceptors (Lipinski definition) is 5. The first-order valence-electron chi connectivity index (χ1n) is 7.44. The van der Waals surface area contributed by atoms with E-state index >= 15 is 0 Å². The van der Waals surface area contributed by atoms with Crippen LogP contribution in [0.1, 0.15) is 20.3 Å². The summed E-state index contributed by atoms with van der Waals surface area (Å²) >= 11 is 0. The molecule has 0 N–H and O–H groups in total. The standard InChI is InChI=1S/C14H29N3O2/c1-4-6-17(13-14(18)19-5-2)12-11-16-9-7-15(3)8-10-16/h4-13H2,1-3H3. The highest BCUT2D eigenvalue weighted by molar-refractivity contribution is 5.71. The molecule has 1 aliphatic heterocycles. The van der Waals surface area contributed by atoms with E-state index in [1.54, 1.807) is 0 Å². The normalized spacial score (nSPS) is 17.9. The van der Waals surface area contributed by atoms with Crippen LogP contribution in [0.25, 0.3) is 0 Å². The molecule has 0 unspecified atom stereocenters. The summed E-state index contributed by atoms with van der Waals surface area (Å²) in [5.41, 5.74) is 0. The summed E-state index contributed by atoms with van der Waals surface area (Å²) in [5, 5.41) is 0. The van der Waals surface area contributed by atoms with Crippen molar-refractivity contribution in [3.05, 3.63) is 0 Å². The third-order valence-electron chi connectivity index (χ3n) is 3.53. The second kappa shape index (κ2) is 9.28. The van der Waals surface area contributed by atoms with Crippen LogP contribution < -0.4 is 0 Å². The van der Waals surface area contributed by atoms with Gasteiger partial charge in [0.15, 0.2) is 0 Å². The minimum atomic E-state index is -0.102. The van der Waals surface area contributed by atoms with Gasteiger partial charge < -0.3 is 9.64 Å². The molecule has 5 heteroatoms. The van der Waals surface area contributed by atoms with Gasteiger partial charge in [-0.3, -0.25) is 14.6 Å². The fourth-order valence-electron chi connectivity index (χ4n) is 2.33. The molecule has 0 spiro atoms. The van der Waals surface area contributed by atoms with Gasteiger partial charge in [0.2, 0.25) is 0 Å². The largest absolute Gasteiger partial charge is 0.465 e. The quantitative estimate of drug-likeness (QED) is 0.601. The molecule has 0 saturated carbocycles. The van der Waals surface area contributed by atoms with Crippen LogP contribution in [-0.4, -0.2) is 86.7 Å². The van der Waals surface area contributed by atoms with Gasteiger partial charge in [-0.05, 0) is 26.9 Å². The van der Waals surface area contributed by atoms with E-state index in [1.807, 2.05) is 6.92 Å². The first kappa shape index (κ1) is 16.4. The highest BCUT2D eigenvalue weighted by Crippen LogP contribution is 2.00. The maximum absolute atomic E-state index is 11.5. The van der Waals surface area contributed by atoms with E-state index in [0.29, 0.717) is 13.2 Å². The number of carbonyl (C=O) groups excluding carboxylic acids is 1. The van der Waals surface area contributed by atoms with Crippen LogP contribution in [0, 0.1) is 0 Å². The summed E-state index contributed by atoms with van der Waals surface area (Å²) in [6, 6.07) is 0. The lowest BCUT2D eigenvalue weighted by Gasteiger charge is -2.33. The summed E-state index contributed by atoms with van der Waals surface area (Å²) in [6.07, 6.45) is 1.07. The zero-order valence-corrected chi connectivity index (χ0v) is 12.7. The van der Waals surface area contributed by atoms with Crippen LogP contribution in [0.4, 0.5) is 0 Å². The number of ether oxygens (including phenoxy) is 1. The third-order valence-corrected chi connectivity index (χ3v) is 3.53. The maximum atomic E-state index is 11.5. The third kappa shape index (κ3) is 6.89. The molecule has 0 aromatic carbocycles. The van der Waals surface area contributed by atoms with Crippen LogP contribution in [-0.2, 0) is 9.53 Å². The van der Waals surface area contributed by atoms with E-state index in [4.69, 9.17) is 4.74 Å².